The Hall–Kier alpha value is -5.10. The molecule has 24 heteroatoms. The summed E-state index contributed by atoms with van der Waals surface area (Å²) in [5.74, 6) is -6.27. The van der Waals surface area contributed by atoms with Gasteiger partial charge in [-0.3, -0.25) is 14.5 Å². The Bertz CT molecular complexity index is 1960. The summed E-state index contributed by atoms with van der Waals surface area (Å²) in [5.41, 5.74) is 10.8. The van der Waals surface area contributed by atoms with E-state index < -0.39 is 52.9 Å². The van der Waals surface area contributed by atoms with Crippen LogP contribution < -0.4 is 26.5 Å². The van der Waals surface area contributed by atoms with Crippen molar-refractivity contribution < 1.29 is 61.9 Å². The second-order valence-corrected chi connectivity index (χ2v) is 13.8. The van der Waals surface area contributed by atoms with Gasteiger partial charge >= 0.3 is 18.1 Å². The Balaban J connectivity index is 0.000000755. The van der Waals surface area contributed by atoms with Crippen molar-refractivity contribution in [3.8, 4) is 0 Å². The van der Waals surface area contributed by atoms with Crippen LogP contribution in [0.25, 0.3) is 5.65 Å². The van der Waals surface area contributed by atoms with Crippen LogP contribution >= 0.6 is 34.9 Å². The maximum absolute atomic E-state index is 13.3. The molecule has 2 atom stereocenters. The van der Waals surface area contributed by atoms with E-state index >= 15 is 0 Å². The molecule has 51 heavy (non-hydrogen) atoms. The van der Waals surface area contributed by atoms with E-state index in [1.54, 1.807) is 6.07 Å². The van der Waals surface area contributed by atoms with Gasteiger partial charge in [-0.05, 0) is 26.3 Å². The van der Waals surface area contributed by atoms with Crippen LogP contribution in [0.2, 0.25) is 0 Å². The number of carboxylic acid groups (broad SMARTS) is 3. The van der Waals surface area contributed by atoms with E-state index in [4.69, 9.17) is 26.2 Å². The number of thioether (sulfide) groups is 2. The first-order chi connectivity index (χ1) is 23.8. The number of aromatic nitrogens is 4. The van der Waals surface area contributed by atoms with Crippen molar-refractivity contribution in [2.75, 3.05) is 23.0 Å². The number of hydrogen-bond donors (Lipinski definition) is 5. The third-order valence-electron chi connectivity index (χ3n) is 6.99. The number of carbonyl (C=O) groups is 5. The number of rotatable bonds is 11. The summed E-state index contributed by atoms with van der Waals surface area (Å²) >= 11 is 3.62. The normalized spacial score (nSPS) is 17.6. The smallest absolute Gasteiger partial charge is 0.430 e. The molecular weight excluding hydrogens is 748 g/mol. The number of nitrogen functional groups attached to an aromatic ring is 2. The van der Waals surface area contributed by atoms with E-state index in [1.165, 1.54) is 42.8 Å². The number of β-lactam (4-membered cyclic amide) rings is 1. The van der Waals surface area contributed by atoms with Crippen LogP contribution in [-0.4, -0.2) is 99.6 Å². The number of halogens is 3. The number of amides is 2. The molecule has 1 fully saturated rings. The lowest BCUT2D eigenvalue weighted by Gasteiger charge is -2.49. The molecule has 5 heterocycles. The Labute approximate surface area is 297 Å². The van der Waals surface area contributed by atoms with Crippen molar-refractivity contribution in [3.63, 3.8) is 0 Å². The number of alkyl halides is 3. The van der Waals surface area contributed by atoms with Gasteiger partial charge in [0.2, 0.25) is 5.60 Å². The van der Waals surface area contributed by atoms with E-state index in [-0.39, 0.29) is 33.7 Å². The number of nitrogens with one attached hydrogen (secondary N) is 1. The minimum absolute atomic E-state index is 0.0213. The van der Waals surface area contributed by atoms with E-state index in [1.807, 2.05) is 28.3 Å². The van der Waals surface area contributed by atoms with E-state index in [0.717, 1.165) is 28.4 Å². The number of thiazole rings is 1. The SMILES string of the molecule is CC[n+]1ccn2c(SCC3=C(C(=O)O)N4C(=O)C(NC(=O)/C(=N\OC(C)(C)C(=O)O)c5csc(N)n5)C4SC3)nc(N)cc21.O=C([O-])C(F)(F)F. The zero-order chi connectivity index (χ0) is 38.0. The number of aliphatic carboxylic acids is 3. The van der Waals surface area contributed by atoms with Crippen molar-refractivity contribution in [3.05, 3.63) is 40.8 Å². The largest absolute Gasteiger partial charge is 0.542 e. The monoisotopic (exact) mass is 775 g/mol. The molecule has 0 aliphatic carbocycles. The fraction of sp³-hybridized carbons (Fsp3) is 0.370. The van der Waals surface area contributed by atoms with Crippen molar-refractivity contribution in [1.82, 2.24) is 24.6 Å². The lowest BCUT2D eigenvalue weighted by Crippen LogP contribution is -2.71. The van der Waals surface area contributed by atoms with Crippen LogP contribution in [0.5, 0.6) is 0 Å². The number of carbonyl (C=O) groups excluding carboxylic acids is 3. The van der Waals surface area contributed by atoms with Crippen molar-refractivity contribution in [2.24, 2.45) is 5.16 Å². The van der Waals surface area contributed by atoms with Gasteiger partial charge in [-0.1, -0.05) is 16.9 Å². The van der Waals surface area contributed by atoms with Gasteiger partial charge in [0, 0.05) is 16.9 Å². The van der Waals surface area contributed by atoms with Gasteiger partial charge in [0.25, 0.3) is 22.6 Å². The fourth-order valence-electron chi connectivity index (χ4n) is 4.41. The molecule has 0 radical (unpaired) electrons. The van der Waals surface area contributed by atoms with Crippen LogP contribution in [0, 0.1) is 0 Å². The molecule has 2 aliphatic rings. The molecule has 274 valence electrons. The maximum atomic E-state index is 13.3. The van der Waals surface area contributed by atoms with Crippen LogP contribution in [0.1, 0.15) is 26.5 Å². The predicted molar refractivity (Wildman–Crippen MR) is 173 cm³/mol. The summed E-state index contributed by atoms with van der Waals surface area (Å²) in [4.78, 5) is 73.9. The molecule has 0 spiro atoms. The highest BCUT2D eigenvalue weighted by Gasteiger charge is 2.54. The minimum Gasteiger partial charge on any atom is -0.542 e. The van der Waals surface area contributed by atoms with E-state index in [2.05, 4.69) is 20.4 Å². The molecule has 1 saturated heterocycles. The number of carboxylic acids is 3. The summed E-state index contributed by atoms with van der Waals surface area (Å²) in [6.45, 7) is 5.22. The Kier molecular flexibility index (Phi) is 11.4. The van der Waals surface area contributed by atoms with Gasteiger partial charge in [-0.15, -0.1) is 23.1 Å². The molecule has 5 rings (SSSR count). The standard InChI is InChI=1S/C25H27N9O7S3.C2HF3O2/c1-4-32-5-6-33-14(32)7-13(26)29-24(33)44-9-11-8-42-20-16(19(36)34(20)17(11)21(37)38)30-18(35)15(12-10-43-23(27)28-12)31-41-25(2,3)22(39)40;3-2(4,5)1(6)7/h5-7,10,16,20,26H,4,8-9H2,1-3H3,(H5,27,28,30,35,37,38,39,40);(H,6,7)/b31-15-;. The molecule has 3 aromatic rings. The Morgan fingerprint density at radius 2 is 1.90 bits per heavy atom. The molecule has 18 nitrogen and oxygen atoms in total. The summed E-state index contributed by atoms with van der Waals surface area (Å²) < 4.78 is 35.4. The van der Waals surface area contributed by atoms with Crippen LogP contribution in [0.4, 0.5) is 24.1 Å². The highest BCUT2D eigenvalue weighted by atomic mass is 32.2. The molecule has 3 aromatic heterocycles. The van der Waals surface area contributed by atoms with Gasteiger partial charge < -0.3 is 41.7 Å². The second kappa shape index (κ2) is 15.0. The summed E-state index contributed by atoms with van der Waals surface area (Å²) in [6.07, 6.45) is -1.45. The minimum atomic E-state index is -5.19. The van der Waals surface area contributed by atoms with Gasteiger partial charge in [-0.2, -0.15) is 22.6 Å². The maximum Gasteiger partial charge on any atom is 0.430 e. The predicted octanol–water partition coefficient (Wildman–Crippen LogP) is -0.324. The lowest BCUT2D eigenvalue weighted by molar-refractivity contribution is -0.667. The van der Waals surface area contributed by atoms with Crippen LogP contribution in [0.15, 0.2) is 45.4 Å². The van der Waals surface area contributed by atoms with Gasteiger partial charge in [-0.25, -0.2) is 19.1 Å². The molecule has 2 aliphatic heterocycles. The first kappa shape index (κ1) is 38.7. The van der Waals surface area contributed by atoms with Gasteiger partial charge in [0.1, 0.15) is 47.0 Å². The molecule has 2 amide bonds. The van der Waals surface area contributed by atoms with Crippen molar-refractivity contribution in [2.45, 2.75) is 55.7 Å². The van der Waals surface area contributed by atoms with Gasteiger partial charge in [0.15, 0.2) is 10.8 Å². The summed E-state index contributed by atoms with van der Waals surface area (Å²) in [5, 5.41) is 36.0. The molecule has 0 aromatic carbocycles. The molecule has 7 N–H and O–H groups in total. The van der Waals surface area contributed by atoms with Crippen molar-refractivity contribution >= 4 is 86.9 Å². The van der Waals surface area contributed by atoms with E-state index in [9.17, 15) is 42.6 Å². The third kappa shape index (κ3) is 8.45. The molecule has 0 bridgehead atoms. The summed E-state index contributed by atoms with van der Waals surface area (Å²) in [7, 11) is 0. The first-order valence-corrected chi connectivity index (χ1v) is 17.2. The fourth-order valence-corrected chi connectivity index (χ4v) is 7.43. The highest BCUT2D eigenvalue weighted by Crippen LogP contribution is 2.41. The number of imidazole rings is 1. The second-order valence-electron chi connectivity index (χ2n) is 10.9. The Morgan fingerprint density at radius 3 is 2.45 bits per heavy atom. The van der Waals surface area contributed by atoms with Crippen molar-refractivity contribution in [1.29, 1.82) is 0 Å². The average Bonchev–Trinajstić information content (AvgIpc) is 3.67. The van der Waals surface area contributed by atoms with Crippen LogP contribution in [0.3, 0.4) is 0 Å². The number of anilines is 2. The number of nitrogens with two attached hydrogens (primary N) is 2. The number of fused-ring (bicyclic) bond motifs is 2. The lowest BCUT2D eigenvalue weighted by atomic mass is 10.0. The Morgan fingerprint density at radius 1 is 1.24 bits per heavy atom. The summed E-state index contributed by atoms with van der Waals surface area (Å²) in [6, 6.07) is 0.673. The van der Waals surface area contributed by atoms with Crippen LogP contribution in [-0.2, 0) is 35.4 Å². The zero-order valence-electron chi connectivity index (χ0n) is 26.5. The van der Waals surface area contributed by atoms with Gasteiger partial charge in [0.05, 0.1) is 12.6 Å². The zero-order valence-corrected chi connectivity index (χ0v) is 29.0. The quantitative estimate of drug-likeness (QED) is 0.0417. The number of hydrogen-bond acceptors (Lipinski definition) is 15. The number of aryl methyl sites for hydroxylation is 1. The highest BCUT2D eigenvalue weighted by molar-refractivity contribution is 8.01. The van der Waals surface area contributed by atoms with E-state index in [0.29, 0.717) is 16.5 Å². The molecular formula is C27H28F3N9O9S3. The topological polar surface area (TPSA) is 272 Å². The first-order valence-electron chi connectivity index (χ1n) is 14.3. The number of nitrogens with zero attached hydrogens (tertiary/aromatic N) is 6. The third-order valence-corrected chi connectivity index (χ3v) is 10.0. The number of oxime groups is 1. The molecule has 2 unspecified atom stereocenters. The average molecular weight is 776 g/mol. The molecule has 0 saturated carbocycles.